The number of halogens is 1. The molecule has 0 unspecified atom stereocenters. The van der Waals surface area contributed by atoms with Crippen LogP contribution in [0.2, 0.25) is 5.02 Å². The molecule has 0 saturated carbocycles. The average molecular weight is 401 g/mol. The van der Waals surface area contributed by atoms with Crippen molar-refractivity contribution in [1.82, 2.24) is 9.97 Å². The van der Waals surface area contributed by atoms with Gasteiger partial charge in [-0.2, -0.15) is 0 Å². The minimum Gasteiger partial charge on any atom is -0.334 e. The second-order valence-electron chi connectivity index (χ2n) is 5.65. The third kappa shape index (κ3) is 3.96. The summed E-state index contributed by atoms with van der Waals surface area (Å²) in [5.74, 6) is -0.152. The van der Waals surface area contributed by atoms with Crippen molar-refractivity contribution in [2.24, 2.45) is 0 Å². The Hall–Kier alpha value is -3.79. The summed E-state index contributed by atoms with van der Waals surface area (Å²) in [6.45, 7) is 1.76. The molecule has 0 radical (unpaired) electrons. The maximum Gasteiger partial charge on any atom is 0.353 e. The van der Waals surface area contributed by atoms with Crippen LogP contribution in [-0.4, -0.2) is 19.8 Å². The standard InChI is InChI=1S/C17H13ClN6O4/c1-10-13(18)6-3-7-14(10)22-17-15(24(27)28)16(19-9-20-17)21-11-4-2-5-12(8-11)23(25)26/h2-9H,1H3,(H2,19,20,21,22). The Morgan fingerprint density at radius 2 is 1.64 bits per heavy atom. The van der Waals surface area contributed by atoms with Gasteiger partial charge in [0, 0.05) is 28.5 Å². The Kier molecular flexibility index (Phi) is 5.32. The Bertz CT molecular complexity index is 1080. The predicted molar refractivity (Wildman–Crippen MR) is 105 cm³/mol. The summed E-state index contributed by atoms with van der Waals surface area (Å²) in [7, 11) is 0. The van der Waals surface area contributed by atoms with Crippen LogP contribution in [0, 0.1) is 27.2 Å². The quantitative estimate of drug-likeness (QED) is 0.447. The van der Waals surface area contributed by atoms with Gasteiger partial charge in [0.1, 0.15) is 6.33 Å². The van der Waals surface area contributed by atoms with Crippen LogP contribution in [0.15, 0.2) is 48.8 Å². The van der Waals surface area contributed by atoms with E-state index in [-0.39, 0.29) is 23.0 Å². The number of non-ortho nitro benzene ring substituents is 1. The molecule has 28 heavy (non-hydrogen) atoms. The molecule has 1 aromatic heterocycles. The monoisotopic (exact) mass is 400 g/mol. The third-order valence-electron chi connectivity index (χ3n) is 3.85. The molecule has 3 aromatic rings. The zero-order valence-corrected chi connectivity index (χ0v) is 15.2. The first-order valence-electron chi connectivity index (χ1n) is 7.90. The Morgan fingerprint density at radius 1 is 0.964 bits per heavy atom. The Morgan fingerprint density at radius 3 is 2.32 bits per heavy atom. The average Bonchev–Trinajstić information content (AvgIpc) is 2.65. The van der Waals surface area contributed by atoms with Crippen LogP contribution in [0.4, 0.5) is 34.4 Å². The Balaban J connectivity index is 2.00. The van der Waals surface area contributed by atoms with E-state index >= 15 is 0 Å². The fourth-order valence-electron chi connectivity index (χ4n) is 2.44. The van der Waals surface area contributed by atoms with E-state index in [1.165, 1.54) is 24.3 Å². The summed E-state index contributed by atoms with van der Waals surface area (Å²) >= 11 is 6.09. The number of hydrogen-bond donors (Lipinski definition) is 2. The van der Waals surface area contributed by atoms with Crippen LogP contribution >= 0.6 is 11.6 Å². The lowest BCUT2D eigenvalue weighted by molar-refractivity contribution is -0.384. The third-order valence-corrected chi connectivity index (χ3v) is 4.25. The number of anilines is 4. The molecule has 0 amide bonds. The van der Waals surface area contributed by atoms with Crippen molar-refractivity contribution in [3.63, 3.8) is 0 Å². The van der Waals surface area contributed by atoms with E-state index < -0.39 is 15.5 Å². The molecule has 3 rings (SSSR count). The summed E-state index contributed by atoms with van der Waals surface area (Å²) in [5.41, 5.74) is 0.963. The van der Waals surface area contributed by atoms with Crippen LogP contribution in [0.5, 0.6) is 0 Å². The highest BCUT2D eigenvalue weighted by atomic mass is 35.5. The topological polar surface area (TPSA) is 136 Å². The van der Waals surface area contributed by atoms with Gasteiger partial charge in [0.25, 0.3) is 5.69 Å². The SMILES string of the molecule is Cc1c(Cl)cccc1Nc1ncnc(Nc2cccc([N+](=O)[O-])c2)c1[N+](=O)[O-]. The molecule has 1 heterocycles. The van der Waals surface area contributed by atoms with Gasteiger partial charge in [-0.05, 0) is 30.7 Å². The maximum absolute atomic E-state index is 11.7. The summed E-state index contributed by atoms with van der Waals surface area (Å²) < 4.78 is 0. The molecule has 0 aliphatic carbocycles. The molecule has 142 valence electrons. The molecule has 0 spiro atoms. The molecule has 11 heteroatoms. The summed E-state index contributed by atoms with van der Waals surface area (Å²) in [6.07, 6.45) is 1.15. The van der Waals surface area contributed by atoms with Crippen molar-refractivity contribution < 1.29 is 9.85 Å². The maximum atomic E-state index is 11.7. The van der Waals surface area contributed by atoms with E-state index in [1.807, 2.05) is 0 Å². The van der Waals surface area contributed by atoms with E-state index in [0.717, 1.165) is 6.33 Å². The van der Waals surface area contributed by atoms with E-state index in [4.69, 9.17) is 11.6 Å². The molecule has 0 atom stereocenters. The highest BCUT2D eigenvalue weighted by molar-refractivity contribution is 6.31. The normalized spacial score (nSPS) is 10.4. The number of rotatable bonds is 6. The smallest absolute Gasteiger partial charge is 0.334 e. The van der Waals surface area contributed by atoms with Crippen molar-refractivity contribution >= 4 is 46.0 Å². The molecule has 2 aromatic carbocycles. The highest BCUT2D eigenvalue weighted by Gasteiger charge is 2.24. The fourth-order valence-corrected chi connectivity index (χ4v) is 2.61. The molecule has 0 saturated heterocycles. The van der Waals surface area contributed by atoms with Gasteiger partial charge in [-0.3, -0.25) is 20.2 Å². The summed E-state index contributed by atoms with van der Waals surface area (Å²) in [4.78, 5) is 29.3. The van der Waals surface area contributed by atoms with Crippen LogP contribution in [0.3, 0.4) is 0 Å². The zero-order valence-electron chi connectivity index (χ0n) is 14.4. The van der Waals surface area contributed by atoms with Gasteiger partial charge >= 0.3 is 5.69 Å². The number of nitro benzene ring substituents is 1. The summed E-state index contributed by atoms with van der Waals surface area (Å²) in [5, 5.41) is 28.7. The van der Waals surface area contributed by atoms with Gasteiger partial charge in [-0.1, -0.05) is 23.7 Å². The molecular weight excluding hydrogens is 388 g/mol. The van der Waals surface area contributed by atoms with Gasteiger partial charge in [0.05, 0.1) is 9.85 Å². The van der Waals surface area contributed by atoms with Crippen LogP contribution in [0.25, 0.3) is 0 Å². The van der Waals surface area contributed by atoms with Gasteiger partial charge in [0.15, 0.2) is 0 Å². The molecule has 0 aliphatic rings. The largest absolute Gasteiger partial charge is 0.353 e. The number of aromatic nitrogens is 2. The van der Waals surface area contributed by atoms with Crippen molar-refractivity contribution in [3.05, 3.63) is 79.6 Å². The first-order valence-corrected chi connectivity index (χ1v) is 8.27. The van der Waals surface area contributed by atoms with Crippen molar-refractivity contribution in [2.75, 3.05) is 10.6 Å². The fraction of sp³-hybridized carbons (Fsp3) is 0.0588. The van der Waals surface area contributed by atoms with E-state index in [1.54, 1.807) is 25.1 Å². The molecular formula is C17H13ClN6O4. The second-order valence-corrected chi connectivity index (χ2v) is 6.05. The lowest BCUT2D eigenvalue weighted by atomic mass is 10.2. The number of benzene rings is 2. The van der Waals surface area contributed by atoms with Crippen molar-refractivity contribution in [2.45, 2.75) is 6.92 Å². The van der Waals surface area contributed by atoms with Crippen molar-refractivity contribution in [1.29, 1.82) is 0 Å². The van der Waals surface area contributed by atoms with Gasteiger partial charge in [-0.25, -0.2) is 9.97 Å². The van der Waals surface area contributed by atoms with E-state index in [0.29, 0.717) is 16.3 Å². The molecule has 0 bridgehead atoms. The highest BCUT2D eigenvalue weighted by Crippen LogP contribution is 2.35. The number of hydrogen-bond acceptors (Lipinski definition) is 8. The minimum absolute atomic E-state index is 0.0432. The minimum atomic E-state index is -0.637. The lowest BCUT2D eigenvalue weighted by Crippen LogP contribution is -2.06. The molecule has 0 aliphatic heterocycles. The molecule has 2 N–H and O–H groups in total. The summed E-state index contributed by atoms with van der Waals surface area (Å²) in [6, 6.07) is 10.7. The van der Waals surface area contributed by atoms with Gasteiger partial charge in [0.2, 0.25) is 11.6 Å². The first-order chi connectivity index (χ1) is 13.4. The Labute approximate surface area is 163 Å². The van der Waals surface area contributed by atoms with Gasteiger partial charge in [-0.15, -0.1) is 0 Å². The van der Waals surface area contributed by atoms with Crippen LogP contribution < -0.4 is 10.6 Å². The van der Waals surface area contributed by atoms with Gasteiger partial charge < -0.3 is 10.6 Å². The zero-order chi connectivity index (χ0) is 20.3. The second kappa shape index (κ2) is 7.84. The molecule has 10 nitrogen and oxygen atoms in total. The molecule has 0 fully saturated rings. The number of nitro groups is 2. The number of nitrogens with one attached hydrogen (secondary N) is 2. The predicted octanol–water partition coefficient (Wildman–Crippen LogP) is 4.74. The van der Waals surface area contributed by atoms with Crippen LogP contribution in [-0.2, 0) is 0 Å². The van der Waals surface area contributed by atoms with E-state index in [9.17, 15) is 20.2 Å². The van der Waals surface area contributed by atoms with Crippen molar-refractivity contribution in [3.8, 4) is 0 Å². The van der Waals surface area contributed by atoms with E-state index in [2.05, 4.69) is 20.6 Å². The van der Waals surface area contributed by atoms with Crippen LogP contribution in [0.1, 0.15) is 5.56 Å². The number of nitrogens with zero attached hydrogens (tertiary/aromatic N) is 4. The first kappa shape index (κ1) is 19.0. The lowest BCUT2D eigenvalue weighted by Gasteiger charge is -2.12.